The van der Waals surface area contributed by atoms with Crippen molar-refractivity contribution in [1.82, 2.24) is 0 Å². The molecule has 0 spiro atoms. The molecule has 3 aromatic carbocycles. The maximum atomic E-state index is 12.7. The lowest BCUT2D eigenvalue weighted by Crippen LogP contribution is -2.12. The third-order valence-electron chi connectivity index (χ3n) is 3.74. The molecule has 0 saturated carbocycles. The highest BCUT2D eigenvalue weighted by Gasteiger charge is 2.21. The highest BCUT2D eigenvalue weighted by atomic mass is 32.2. The van der Waals surface area contributed by atoms with Crippen LogP contribution in [0.2, 0.25) is 0 Å². The molecule has 0 saturated heterocycles. The molecule has 0 N–H and O–H groups in total. The fourth-order valence-electron chi connectivity index (χ4n) is 2.56. The molecule has 0 aliphatic carbocycles. The van der Waals surface area contributed by atoms with Gasteiger partial charge in [-0.25, -0.2) is 0 Å². The zero-order valence-corrected chi connectivity index (χ0v) is 14.3. The molecule has 0 aliphatic rings. The topological polar surface area (TPSA) is 67.2 Å². The molecule has 0 radical (unpaired) electrons. The second-order valence-electron chi connectivity index (χ2n) is 5.49. The van der Waals surface area contributed by atoms with E-state index in [-0.39, 0.29) is 10.6 Å². The van der Waals surface area contributed by atoms with Crippen molar-refractivity contribution in [3.8, 4) is 22.9 Å². The van der Waals surface area contributed by atoms with Gasteiger partial charge in [-0.15, -0.1) is 0 Å². The SMILES string of the molecule is Cc1cc(C#N)ccc1S(=O)(=O)Oc1ccccc1-c1ccccc1. The maximum absolute atomic E-state index is 12.7. The molecule has 3 aromatic rings. The Hall–Kier alpha value is -3.10. The van der Waals surface area contributed by atoms with Crippen LogP contribution in [-0.2, 0) is 10.1 Å². The first-order valence-electron chi connectivity index (χ1n) is 7.61. The molecular formula is C20H15NO3S. The molecule has 0 bridgehead atoms. The molecule has 0 heterocycles. The summed E-state index contributed by atoms with van der Waals surface area (Å²) in [6.45, 7) is 1.64. The fraction of sp³-hybridized carbons (Fsp3) is 0.0500. The van der Waals surface area contributed by atoms with E-state index in [4.69, 9.17) is 9.44 Å². The zero-order valence-electron chi connectivity index (χ0n) is 13.5. The van der Waals surface area contributed by atoms with Crippen molar-refractivity contribution in [1.29, 1.82) is 5.26 Å². The number of hydrogen-bond donors (Lipinski definition) is 0. The average molecular weight is 349 g/mol. The highest BCUT2D eigenvalue weighted by molar-refractivity contribution is 7.87. The molecule has 0 aliphatic heterocycles. The van der Waals surface area contributed by atoms with Crippen LogP contribution < -0.4 is 4.18 Å². The molecule has 25 heavy (non-hydrogen) atoms. The van der Waals surface area contributed by atoms with Gasteiger partial charge in [0.2, 0.25) is 0 Å². The van der Waals surface area contributed by atoms with Crippen molar-refractivity contribution in [3.05, 3.63) is 83.9 Å². The number of nitrogens with zero attached hydrogens (tertiary/aromatic N) is 1. The molecule has 0 amide bonds. The van der Waals surface area contributed by atoms with E-state index < -0.39 is 10.1 Å². The van der Waals surface area contributed by atoms with Crippen molar-refractivity contribution in [2.24, 2.45) is 0 Å². The summed E-state index contributed by atoms with van der Waals surface area (Å²) in [5, 5.41) is 8.92. The van der Waals surface area contributed by atoms with E-state index in [1.165, 1.54) is 18.2 Å². The number of benzene rings is 3. The number of para-hydroxylation sites is 1. The Morgan fingerprint density at radius 1 is 0.920 bits per heavy atom. The van der Waals surface area contributed by atoms with E-state index >= 15 is 0 Å². The van der Waals surface area contributed by atoms with Crippen LogP contribution in [0.25, 0.3) is 11.1 Å². The van der Waals surface area contributed by atoms with Crippen LogP contribution in [0.1, 0.15) is 11.1 Å². The third-order valence-corrected chi connectivity index (χ3v) is 5.14. The monoisotopic (exact) mass is 349 g/mol. The Kier molecular flexibility index (Phi) is 4.55. The fourth-order valence-corrected chi connectivity index (χ4v) is 3.72. The zero-order chi connectivity index (χ0) is 17.9. The normalized spacial score (nSPS) is 10.9. The standard InChI is InChI=1S/C20H15NO3S/c1-15-13-16(14-21)11-12-20(15)25(22,23)24-19-10-6-5-9-18(19)17-7-3-2-4-8-17/h2-13H,1H3. The Morgan fingerprint density at radius 3 is 2.28 bits per heavy atom. The Labute approximate surface area is 147 Å². The molecule has 4 nitrogen and oxygen atoms in total. The lowest BCUT2D eigenvalue weighted by Gasteiger charge is -2.13. The van der Waals surface area contributed by atoms with Crippen molar-refractivity contribution < 1.29 is 12.6 Å². The highest BCUT2D eigenvalue weighted by Crippen LogP contribution is 2.32. The average Bonchev–Trinajstić information content (AvgIpc) is 2.62. The lowest BCUT2D eigenvalue weighted by atomic mass is 10.1. The van der Waals surface area contributed by atoms with Gasteiger partial charge in [0.15, 0.2) is 5.75 Å². The van der Waals surface area contributed by atoms with E-state index in [0.717, 1.165) is 5.56 Å². The summed E-state index contributed by atoms with van der Waals surface area (Å²) in [6, 6.07) is 22.8. The summed E-state index contributed by atoms with van der Waals surface area (Å²) in [4.78, 5) is 0.0503. The summed E-state index contributed by atoms with van der Waals surface area (Å²) < 4.78 is 30.8. The Bertz CT molecular complexity index is 1050. The van der Waals surface area contributed by atoms with Gasteiger partial charge in [-0.1, -0.05) is 48.5 Å². The van der Waals surface area contributed by atoms with Crippen molar-refractivity contribution >= 4 is 10.1 Å². The molecule has 5 heteroatoms. The minimum absolute atomic E-state index is 0.0503. The van der Waals surface area contributed by atoms with Gasteiger partial charge < -0.3 is 4.18 Å². The summed E-state index contributed by atoms with van der Waals surface area (Å²) in [6.07, 6.45) is 0. The smallest absolute Gasteiger partial charge is 0.339 e. The maximum Gasteiger partial charge on any atom is 0.339 e. The van der Waals surface area contributed by atoms with Crippen LogP contribution in [0.5, 0.6) is 5.75 Å². The Morgan fingerprint density at radius 2 is 1.60 bits per heavy atom. The van der Waals surface area contributed by atoms with E-state index in [9.17, 15) is 8.42 Å². The minimum Gasteiger partial charge on any atom is -0.378 e. The van der Waals surface area contributed by atoms with Gasteiger partial charge in [0, 0.05) is 5.56 Å². The van der Waals surface area contributed by atoms with Crippen LogP contribution in [0.15, 0.2) is 77.7 Å². The van der Waals surface area contributed by atoms with Crippen molar-refractivity contribution in [2.45, 2.75) is 11.8 Å². The summed E-state index contributed by atoms with van der Waals surface area (Å²) >= 11 is 0. The van der Waals surface area contributed by atoms with Gasteiger partial charge in [-0.05, 0) is 42.3 Å². The number of hydrogen-bond acceptors (Lipinski definition) is 4. The van der Waals surface area contributed by atoms with E-state index in [2.05, 4.69) is 0 Å². The number of nitriles is 1. The third kappa shape index (κ3) is 3.54. The minimum atomic E-state index is -4.01. The Balaban J connectivity index is 2.02. The van der Waals surface area contributed by atoms with Gasteiger partial charge in [0.25, 0.3) is 0 Å². The first-order chi connectivity index (χ1) is 12.0. The van der Waals surface area contributed by atoms with Crippen LogP contribution in [0.4, 0.5) is 0 Å². The second-order valence-corrected chi connectivity index (χ2v) is 7.01. The van der Waals surface area contributed by atoms with E-state index in [1.54, 1.807) is 19.1 Å². The molecule has 0 aromatic heterocycles. The van der Waals surface area contributed by atoms with Gasteiger partial charge in [-0.3, -0.25) is 0 Å². The molecule has 124 valence electrons. The van der Waals surface area contributed by atoms with E-state index in [1.807, 2.05) is 48.5 Å². The molecule has 0 fully saturated rings. The second kappa shape index (κ2) is 6.80. The molecular weight excluding hydrogens is 334 g/mol. The van der Waals surface area contributed by atoms with Gasteiger partial charge in [0.1, 0.15) is 4.90 Å². The van der Waals surface area contributed by atoms with Gasteiger partial charge >= 0.3 is 10.1 Å². The number of rotatable bonds is 4. The van der Waals surface area contributed by atoms with Crippen LogP contribution in [0, 0.1) is 18.3 Å². The predicted molar refractivity (Wildman–Crippen MR) is 95.6 cm³/mol. The first kappa shape index (κ1) is 16.7. The van der Waals surface area contributed by atoms with Crippen molar-refractivity contribution in [2.75, 3.05) is 0 Å². The van der Waals surface area contributed by atoms with Crippen LogP contribution >= 0.6 is 0 Å². The largest absolute Gasteiger partial charge is 0.378 e. The van der Waals surface area contributed by atoms with Crippen LogP contribution in [-0.4, -0.2) is 8.42 Å². The van der Waals surface area contributed by atoms with Gasteiger partial charge in [0.05, 0.1) is 11.6 Å². The van der Waals surface area contributed by atoms with Crippen LogP contribution in [0.3, 0.4) is 0 Å². The molecule has 3 rings (SSSR count). The van der Waals surface area contributed by atoms with E-state index in [0.29, 0.717) is 16.7 Å². The summed E-state index contributed by atoms with van der Waals surface area (Å²) in [5.41, 5.74) is 2.43. The predicted octanol–water partition coefficient (Wildman–Crippen LogP) is 4.30. The lowest BCUT2D eigenvalue weighted by molar-refractivity contribution is 0.486. The van der Waals surface area contributed by atoms with Crippen molar-refractivity contribution in [3.63, 3.8) is 0 Å². The first-order valence-corrected chi connectivity index (χ1v) is 9.02. The summed E-state index contributed by atoms with van der Waals surface area (Å²) in [5.74, 6) is 0.262. The number of aryl methyl sites for hydroxylation is 1. The molecule has 0 unspecified atom stereocenters. The molecule has 0 atom stereocenters. The van der Waals surface area contributed by atoms with Gasteiger partial charge in [-0.2, -0.15) is 13.7 Å². The summed E-state index contributed by atoms with van der Waals surface area (Å²) in [7, 11) is -4.01. The quantitative estimate of drug-likeness (QED) is 0.659.